The molecule has 2 heterocycles. The van der Waals surface area contributed by atoms with E-state index < -0.39 is 6.04 Å². The van der Waals surface area contributed by atoms with Crippen molar-refractivity contribution in [1.29, 1.82) is 0 Å². The molecule has 3 aromatic rings. The molecule has 2 aromatic heterocycles. The van der Waals surface area contributed by atoms with Crippen LogP contribution in [0.2, 0.25) is 0 Å². The van der Waals surface area contributed by atoms with Crippen LogP contribution in [0.25, 0.3) is 11.4 Å². The maximum atomic E-state index is 6.11. The van der Waals surface area contributed by atoms with Crippen LogP contribution in [0.5, 0.6) is 0 Å². The molecule has 21 heavy (non-hydrogen) atoms. The SMILES string of the molecule is CSc1ccc(-c2noc(C(N)c3cnn(C)c3)n2)cc1. The second-order valence-corrected chi connectivity index (χ2v) is 5.49. The highest BCUT2D eigenvalue weighted by Crippen LogP contribution is 2.23. The molecular formula is C14H15N5OS. The summed E-state index contributed by atoms with van der Waals surface area (Å²) in [6.07, 6.45) is 5.57. The van der Waals surface area contributed by atoms with Crippen molar-refractivity contribution >= 4 is 11.8 Å². The third-order valence-corrected chi connectivity index (χ3v) is 3.88. The molecule has 0 spiro atoms. The van der Waals surface area contributed by atoms with Crippen LogP contribution in [0.15, 0.2) is 46.1 Å². The second-order valence-electron chi connectivity index (χ2n) is 4.61. The second kappa shape index (κ2) is 5.71. The molecule has 0 fully saturated rings. The quantitative estimate of drug-likeness (QED) is 0.744. The molecule has 0 aliphatic heterocycles. The Morgan fingerprint density at radius 2 is 2.05 bits per heavy atom. The lowest BCUT2D eigenvalue weighted by molar-refractivity contribution is 0.367. The predicted octanol–water partition coefficient (Wildman–Crippen LogP) is 2.24. The van der Waals surface area contributed by atoms with Crippen LogP contribution in [-0.4, -0.2) is 26.2 Å². The van der Waals surface area contributed by atoms with Crippen molar-refractivity contribution in [2.75, 3.05) is 6.26 Å². The molecule has 0 amide bonds. The third kappa shape index (κ3) is 2.84. The zero-order valence-electron chi connectivity index (χ0n) is 11.7. The first-order valence-corrected chi connectivity index (χ1v) is 7.62. The summed E-state index contributed by atoms with van der Waals surface area (Å²) < 4.78 is 6.96. The molecule has 1 atom stereocenters. The fourth-order valence-corrected chi connectivity index (χ4v) is 2.37. The first kappa shape index (κ1) is 13.8. The summed E-state index contributed by atoms with van der Waals surface area (Å²) in [6.45, 7) is 0. The Kier molecular flexibility index (Phi) is 3.76. The normalized spacial score (nSPS) is 12.5. The van der Waals surface area contributed by atoms with Gasteiger partial charge in [0.05, 0.1) is 6.20 Å². The molecule has 1 unspecified atom stereocenters. The molecular weight excluding hydrogens is 286 g/mol. The Morgan fingerprint density at radius 1 is 1.29 bits per heavy atom. The lowest BCUT2D eigenvalue weighted by atomic mass is 10.2. The minimum Gasteiger partial charge on any atom is -0.337 e. The van der Waals surface area contributed by atoms with Gasteiger partial charge >= 0.3 is 0 Å². The summed E-state index contributed by atoms with van der Waals surface area (Å²) in [5.74, 6) is 0.920. The maximum Gasteiger partial charge on any atom is 0.248 e. The van der Waals surface area contributed by atoms with Crippen LogP contribution in [-0.2, 0) is 7.05 Å². The van der Waals surface area contributed by atoms with Crippen molar-refractivity contribution in [3.63, 3.8) is 0 Å². The average molecular weight is 301 g/mol. The van der Waals surface area contributed by atoms with Gasteiger partial charge in [0.25, 0.3) is 0 Å². The molecule has 108 valence electrons. The van der Waals surface area contributed by atoms with Gasteiger partial charge in [-0.05, 0) is 30.5 Å². The summed E-state index contributed by atoms with van der Waals surface area (Å²) in [4.78, 5) is 5.56. The number of nitrogens with zero attached hydrogens (tertiary/aromatic N) is 4. The van der Waals surface area contributed by atoms with Gasteiger partial charge in [0.15, 0.2) is 0 Å². The smallest absolute Gasteiger partial charge is 0.248 e. The van der Waals surface area contributed by atoms with Crippen molar-refractivity contribution in [2.45, 2.75) is 10.9 Å². The number of benzene rings is 1. The Morgan fingerprint density at radius 3 is 2.67 bits per heavy atom. The lowest BCUT2D eigenvalue weighted by Crippen LogP contribution is -2.11. The number of aryl methyl sites for hydroxylation is 1. The number of rotatable bonds is 4. The van der Waals surface area contributed by atoms with E-state index in [1.54, 1.807) is 22.6 Å². The third-order valence-electron chi connectivity index (χ3n) is 3.14. The Hall–Kier alpha value is -2.12. The molecule has 0 aliphatic rings. The number of thioether (sulfide) groups is 1. The summed E-state index contributed by atoms with van der Waals surface area (Å²) in [5, 5.41) is 8.09. The predicted molar refractivity (Wildman–Crippen MR) is 80.8 cm³/mol. The monoisotopic (exact) mass is 301 g/mol. The van der Waals surface area contributed by atoms with Crippen molar-refractivity contribution in [3.05, 3.63) is 48.1 Å². The highest BCUT2D eigenvalue weighted by molar-refractivity contribution is 7.98. The van der Waals surface area contributed by atoms with Gasteiger partial charge in [-0.2, -0.15) is 10.1 Å². The van der Waals surface area contributed by atoms with E-state index in [0.717, 1.165) is 11.1 Å². The first-order chi connectivity index (χ1) is 10.2. The molecule has 0 bridgehead atoms. The van der Waals surface area contributed by atoms with Gasteiger partial charge in [0, 0.05) is 29.3 Å². The fraction of sp³-hybridized carbons (Fsp3) is 0.214. The molecule has 0 aliphatic carbocycles. The van der Waals surface area contributed by atoms with Gasteiger partial charge in [0.1, 0.15) is 6.04 Å². The molecule has 2 N–H and O–H groups in total. The minimum absolute atomic E-state index is 0.381. The van der Waals surface area contributed by atoms with Crippen LogP contribution in [0.4, 0.5) is 0 Å². The summed E-state index contributed by atoms with van der Waals surface area (Å²) in [7, 11) is 1.84. The fourth-order valence-electron chi connectivity index (χ4n) is 1.96. The number of nitrogens with two attached hydrogens (primary N) is 1. The van der Waals surface area contributed by atoms with Crippen LogP contribution in [0, 0.1) is 0 Å². The Balaban J connectivity index is 1.85. The van der Waals surface area contributed by atoms with Gasteiger partial charge in [0.2, 0.25) is 11.7 Å². The molecule has 7 heteroatoms. The Labute approximate surface area is 126 Å². The van der Waals surface area contributed by atoms with Crippen molar-refractivity contribution in [1.82, 2.24) is 19.9 Å². The van der Waals surface area contributed by atoms with Gasteiger partial charge in [-0.15, -0.1) is 11.8 Å². The van der Waals surface area contributed by atoms with E-state index in [1.165, 1.54) is 4.90 Å². The van der Waals surface area contributed by atoms with Crippen LogP contribution in [0.1, 0.15) is 17.5 Å². The molecule has 0 saturated carbocycles. The zero-order chi connectivity index (χ0) is 14.8. The molecule has 0 radical (unpaired) electrons. The lowest BCUT2D eigenvalue weighted by Gasteiger charge is -2.01. The van der Waals surface area contributed by atoms with Crippen LogP contribution < -0.4 is 5.73 Å². The molecule has 3 rings (SSSR count). The van der Waals surface area contributed by atoms with Gasteiger partial charge in [-0.1, -0.05) is 5.16 Å². The molecule has 0 saturated heterocycles. The summed E-state index contributed by atoms with van der Waals surface area (Å²) >= 11 is 1.69. The largest absolute Gasteiger partial charge is 0.337 e. The van der Waals surface area contributed by atoms with Gasteiger partial charge < -0.3 is 10.3 Å². The van der Waals surface area contributed by atoms with E-state index >= 15 is 0 Å². The molecule has 6 nitrogen and oxygen atoms in total. The average Bonchev–Trinajstić information content (AvgIpc) is 3.16. The van der Waals surface area contributed by atoms with E-state index in [1.807, 2.05) is 43.8 Å². The highest BCUT2D eigenvalue weighted by atomic mass is 32.2. The maximum absolute atomic E-state index is 6.11. The standard InChI is InChI=1S/C14H15N5OS/c1-19-8-10(7-16-19)12(15)14-17-13(18-20-14)9-3-5-11(21-2)6-4-9/h3-8,12H,15H2,1-2H3. The molecule has 1 aromatic carbocycles. The van der Waals surface area contributed by atoms with Gasteiger partial charge in [-0.25, -0.2) is 0 Å². The minimum atomic E-state index is -0.467. The van der Waals surface area contributed by atoms with E-state index in [2.05, 4.69) is 15.2 Å². The number of aromatic nitrogens is 4. The highest BCUT2D eigenvalue weighted by Gasteiger charge is 2.18. The van der Waals surface area contributed by atoms with Crippen LogP contribution in [0.3, 0.4) is 0 Å². The van der Waals surface area contributed by atoms with E-state index in [-0.39, 0.29) is 0 Å². The first-order valence-electron chi connectivity index (χ1n) is 6.39. The number of hydrogen-bond donors (Lipinski definition) is 1. The summed E-state index contributed by atoms with van der Waals surface area (Å²) in [5.41, 5.74) is 7.86. The number of hydrogen-bond acceptors (Lipinski definition) is 6. The van der Waals surface area contributed by atoms with Crippen molar-refractivity contribution < 1.29 is 4.52 Å². The van der Waals surface area contributed by atoms with Crippen molar-refractivity contribution in [3.8, 4) is 11.4 Å². The van der Waals surface area contributed by atoms with Crippen LogP contribution >= 0.6 is 11.8 Å². The van der Waals surface area contributed by atoms with Gasteiger partial charge in [-0.3, -0.25) is 4.68 Å². The zero-order valence-corrected chi connectivity index (χ0v) is 12.5. The van der Waals surface area contributed by atoms with E-state index in [9.17, 15) is 0 Å². The van der Waals surface area contributed by atoms with E-state index in [4.69, 9.17) is 10.3 Å². The Bertz CT molecular complexity index is 734. The van der Waals surface area contributed by atoms with E-state index in [0.29, 0.717) is 11.7 Å². The topological polar surface area (TPSA) is 82.8 Å². The van der Waals surface area contributed by atoms with Crippen molar-refractivity contribution in [2.24, 2.45) is 12.8 Å². The summed E-state index contributed by atoms with van der Waals surface area (Å²) in [6, 6.07) is 7.52.